The number of benzene rings is 2. The Labute approximate surface area is 197 Å². The number of nitriles is 1. The number of phenolic OH excluding ortho intramolecular Hbond substituents is 1. The van der Waals surface area contributed by atoms with E-state index in [1.54, 1.807) is 23.9 Å². The summed E-state index contributed by atoms with van der Waals surface area (Å²) in [5.41, 5.74) is -0.848. The highest BCUT2D eigenvalue weighted by Crippen LogP contribution is 2.38. The van der Waals surface area contributed by atoms with Crippen LogP contribution in [0.25, 0.3) is 5.76 Å². The number of hydrogen-bond acceptors (Lipinski definition) is 8. The molecule has 0 atom stereocenters. The van der Waals surface area contributed by atoms with Gasteiger partial charge in [0.15, 0.2) is 5.57 Å². The predicted octanol–water partition coefficient (Wildman–Crippen LogP) is 4.09. The lowest BCUT2D eigenvalue weighted by Gasteiger charge is -2.28. The SMILES string of the molecule is CN(Cc1cc2c(cc1F)N(C)CCS2)C(=O)/C(C#N)=C(\O)c1cc(Cl)c(O)c([N+](=O)[O-])c1. The van der Waals surface area contributed by atoms with Gasteiger partial charge < -0.3 is 20.0 Å². The number of aliphatic hydroxyl groups is 1. The van der Waals surface area contributed by atoms with E-state index >= 15 is 0 Å². The number of nitro groups is 1. The number of fused-ring (bicyclic) bond motifs is 1. The van der Waals surface area contributed by atoms with Crippen LogP contribution in [0.15, 0.2) is 34.7 Å². The van der Waals surface area contributed by atoms with Crippen molar-refractivity contribution in [2.75, 3.05) is 31.3 Å². The van der Waals surface area contributed by atoms with Gasteiger partial charge in [0.1, 0.15) is 17.6 Å². The minimum atomic E-state index is -0.927. The third-order valence-electron chi connectivity index (χ3n) is 5.05. The number of amides is 1. The average Bonchev–Trinajstić information content (AvgIpc) is 2.76. The molecule has 3 rings (SSSR count). The summed E-state index contributed by atoms with van der Waals surface area (Å²) < 4.78 is 14.7. The van der Waals surface area contributed by atoms with E-state index in [-0.39, 0.29) is 17.7 Å². The molecule has 9 nitrogen and oxygen atoms in total. The largest absolute Gasteiger partial charge is 0.506 e. The Morgan fingerprint density at radius 2 is 2.12 bits per heavy atom. The molecule has 33 heavy (non-hydrogen) atoms. The average molecular weight is 493 g/mol. The van der Waals surface area contributed by atoms with E-state index < -0.39 is 44.4 Å². The van der Waals surface area contributed by atoms with Gasteiger partial charge in [0.05, 0.1) is 15.6 Å². The molecule has 12 heteroatoms. The Kier molecular flexibility index (Phi) is 7.00. The summed E-state index contributed by atoms with van der Waals surface area (Å²) in [5, 5.41) is 40.3. The van der Waals surface area contributed by atoms with Gasteiger partial charge in [-0.3, -0.25) is 14.9 Å². The van der Waals surface area contributed by atoms with Crippen LogP contribution in [0.3, 0.4) is 0 Å². The zero-order chi connectivity index (χ0) is 24.4. The summed E-state index contributed by atoms with van der Waals surface area (Å²) in [4.78, 5) is 26.9. The molecule has 0 saturated carbocycles. The number of nitrogens with zero attached hydrogens (tertiary/aromatic N) is 4. The van der Waals surface area contributed by atoms with E-state index in [1.807, 2.05) is 11.9 Å². The molecule has 0 aliphatic carbocycles. The summed E-state index contributed by atoms with van der Waals surface area (Å²) in [6.07, 6.45) is 0. The molecule has 0 bridgehead atoms. The first-order chi connectivity index (χ1) is 15.5. The number of aromatic hydroxyl groups is 1. The quantitative estimate of drug-likeness (QED) is 0.210. The molecule has 1 amide bonds. The Morgan fingerprint density at radius 1 is 1.42 bits per heavy atom. The molecule has 2 aromatic rings. The summed E-state index contributed by atoms with van der Waals surface area (Å²) in [6, 6.07) is 6.40. The van der Waals surface area contributed by atoms with Crippen LogP contribution in [0.2, 0.25) is 5.02 Å². The number of halogens is 2. The highest BCUT2D eigenvalue weighted by atomic mass is 35.5. The van der Waals surface area contributed by atoms with Gasteiger partial charge in [0.25, 0.3) is 5.91 Å². The summed E-state index contributed by atoms with van der Waals surface area (Å²) in [7, 11) is 3.19. The van der Waals surface area contributed by atoms with Crippen LogP contribution in [0.5, 0.6) is 5.75 Å². The number of anilines is 1. The zero-order valence-corrected chi connectivity index (χ0v) is 19.1. The molecule has 1 heterocycles. The van der Waals surface area contributed by atoms with Crippen molar-refractivity contribution >= 4 is 46.4 Å². The fourth-order valence-corrected chi connectivity index (χ4v) is 4.65. The third-order valence-corrected chi connectivity index (χ3v) is 6.37. The van der Waals surface area contributed by atoms with Crippen LogP contribution in [0.4, 0.5) is 15.8 Å². The van der Waals surface area contributed by atoms with Crippen molar-refractivity contribution in [1.82, 2.24) is 4.90 Å². The first kappa shape index (κ1) is 24.2. The highest BCUT2D eigenvalue weighted by molar-refractivity contribution is 7.99. The number of rotatable bonds is 5. The third kappa shape index (κ3) is 4.81. The number of carbonyl (C=O) groups is 1. The fraction of sp³-hybridized carbons (Fsp3) is 0.238. The van der Waals surface area contributed by atoms with E-state index in [0.29, 0.717) is 0 Å². The number of aliphatic hydroxyl groups excluding tert-OH is 1. The van der Waals surface area contributed by atoms with E-state index in [2.05, 4.69) is 0 Å². The monoisotopic (exact) mass is 492 g/mol. The van der Waals surface area contributed by atoms with Crippen molar-refractivity contribution in [3.05, 3.63) is 61.9 Å². The molecule has 1 aliphatic rings. The van der Waals surface area contributed by atoms with E-state index in [4.69, 9.17) is 11.6 Å². The lowest BCUT2D eigenvalue weighted by molar-refractivity contribution is -0.385. The second kappa shape index (κ2) is 9.56. The van der Waals surface area contributed by atoms with Crippen LogP contribution in [0.1, 0.15) is 11.1 Å². The zero-order valence-electron chi connectivity index (χ0n) is 17.5. The van der Waals surface area contributed by atoms with Crippen LogP contribution in [0, 0.1) is 27.3 Å². The van der Waals surface area contributed by atoms with Gasteiger partial charge in [-0.05, 0) is 18.2 Å². The van der Waals surface area contributed by atoms with Crippen LogP contribution >= 0.6 is 23.4 Å². The van der Waals surface area contributed by atoms with Gasteiger partial charge in [-0.15, -0.1) is 11.8 Å². The van der Waals surface area contributed by atoms with Crippen molar-refractivity contribution in [3.63, 3.8) is 0 Å². The molecule has 0 fully saturated rings. The van der Waals surface area contributed by atoms with Gasteiger partial charge in [0, 0.05) is 55.0 Å². The maximum atomic E-state index is 14.7. The fourth-order valence-electron chi connectivity index (χ4n) is 3.26. The minimum absolute atomic E-state index is 0.183. The number of thioether (sulfide) groups is 1. The topological polar surface area (TPSA) is 131 Å². The lowest BCUT2D eigenvalue weighted by Crippen LogP contribution is -2.29. The van der Waals surface area contributed by atoms with Gasteiger partial charge >= 0.3 is 5.69 Å². The molecular formula is C21H18ClFN4O5S. The Hall–Kier alpha value is -3.49. The minimum Gasteiger partial charge on any atom is -0.506 e. The van der Waals surface area contributed by atoms with E-state index in [9.17, 15) is 34.8 Å². The Balaban J connectivity index is 1.93. The molecule has 172 valence electrons. The second-order valence-electron chi connectivity index (χ2n) is 7.26. The molecule has 2 N–H and O–H groups in total. The number of hydrogen-bond donors (Lipinski definition) is 2. The Morgan fingerprint density at radius 3 is 2.76 bits per heavy atom. The predicted molar refractivity (Wildman–Crippen MR) is 122 cm³/mol. The molecule has 0 saturated heterocycles. The number of likely N-dealkylation sites (N-methyl/N-ethyl adjacent to an activating group) is 1. The van der Waals surface area contributed by atoms with Gasteiger partial charge in [-0.2, -0.15) is 5.26 Å². The Bertz CT molecular complexity index is 1230. The van der Waals surface area contributed by atoms with Crippen molar-refractivity contribution in [3.8, 4) is 11.8 Å². The summed E-state index contributed by atoms with van der Waals surface area (Å²) in [6.45, 7) is 0.598. The lowest BCUT2D eigenvalue weighted by atomic mass is 10.1. The smallest absolute Gasteiger partial charge is 0.313 e. The maximum Gasteiger partial charge on any atom is 0.313 e. The van der Waals surface area contributed by atoms with Gasteiger partial charge in [-0.25, -0.2) is 4.39 Å². The molecule has 0 aromatic heterocycles. The number of nitro benzene ring substituents is 1. The van der Waals surface area contributed by atoms with Crippen molar-refractivity contribution in [2.45, 2.75) is 11.4 Å². The second-order valence-corrected chi connectivity index (χ2v) is 8.80. The normalized spacial score (nSPS) is 13.6. The summed E-state index contributed by atoms with van der Waals surface area (Å²) >= 11 is 7.35. The highest BCUT2D eigenvalue weighted by Gasteiger charge is 2.26. The molecular weight excluding hydrogens is 475 g/mol. The maximum absolute atomic E-state index is 14.7. The first-order valence-corrected chi connectivity index (χ1v) is 10.8. The van der Waals surface area contributed by atoms with E-state index in [1.165, 1.54) is 13.1 Å². The van der Waals surface area contributed by atoms with Crippen LogP contribution < -0.4 is 4.90 Å². The van der Waals surface area contributed by atoms with Gasteiger partial charge in [-0.1, -0.05) is 11.6 Å². The van der Waals surface area contributed by atoms with Crippen molar-refractivity contribution in [1.29, 1.82) is 5.26 Å². The van der Waals surface area contributed by atoms with Crippen molar-refractivity contribution < 1.29 is 24.3 Å². The molecule has 0 unspecified atom stereocenters. The molecule has 0 spiro atoms. The summed E-state index contributed by atoms with van der Waals surface area (Å²) in [5.74, 6) is -2.28. The molecule has 1 aliphatic heterocycles. The number of phenols is 1. The molecule has 0 radical (unpaired) electrons. The van der Waals surface area contributed by atoms with Crippen LogP contribution in [-0.4, -0.2) is 52.3 Å². The van der Waals surface area contributed by atoms with Gasteiger partial charge in [0.2, 0.25) is 5.75 Å². The number of carbonyl (C=O) groups excluding carboxylic acids is 1. The van der Waals surface area contributed by atoms with Crippen molar-refractivity contribution in [2.24, 2.45) is 0 Å². The molecule has 2 aromatic carbocycles. The van der Waals surface area contributed by atoms with Crippen LogP contribution in [-0.2, 0) is 11.3 Å². The first-order valence-electron chi connectivity index (χ1n) is 9.47. The van der Waals surface area contributed by atoms with E-state index in [0.717, 1.165) is 39.9 Å². The standard InChI is InChI=1S/C21H18ClFN4O5S/c1-25-3-4-33-18-7-12(15(23)8-16(18)25)10-26(2)21(30)13(9-24)19(28)11-5-14(22)20(29)17(6-11)27(31)32/h5-8,28-29H,3-4,10H2,1-2H3/b19-13-.